The van der Waals surface area contributed by atoms with Gasteiger partial charge in [0.1, 0.15) is 11.9 Å². The van der Waals surface area contributed by atoms with Gasteiger partial charge in [-0.3, -0.25) is 4.79 Å². The summed E-state index contributed by atoms with van der Waals surface area (Å²) in [5, 5.41) is 2.61. The molecule has 0 saturated carbocycles. The molecule has 0 aromatic rings. The van der Waals surface area contributed by atoms with Crippen LogP contribution in [0.5, 0.6) is 0 Å². The van der Waals surface area contributed by atoms with Crippen molar-refractivity contribution < 1.29 is 14.3 Å². The molecule has 4 nitrogen and oxygen atoms in total. The average molecular weight is 362 g/mol. The Morgan fingerprint density at radius 1 is 0.917 bits per heavy atom. The molecule has 0 aliphatic rings. The van der Waals surface area contributed by atoms with Gasteiger partial charge in [-0.1, -0.05) is 78.6 Å². The molecule has 0 unspecified atom stereocenters. The van der Waals surface area contributed by atoms with E-state index in [0.29, 0.717) is 6.61 Å². The van der Waals surface area contributed by atoms with Gasteiger partial charge >= 0.3 is 5.97 Å². The number of unbranched alkanes of at least 4 members (excludes halogenated alkanes) is 9. The highest BCUT2D eigenvalue weighted by Crippen LogP contribution is 2.11. The van der Waals surface area contributed by atoms with E-state index in [9.17, 15) is 9.59 Å². The molecule has 0 saturated heterocycles. The SMILES string of the molecule is CCCCCCCCCCCCOC(=O)[C@@H](NC(=O)CCl)C(C)C. The van der Waals surface area contributed by atoms with Crippen LogP contribution < -0.4 is 5.32 Å². The summed E-state index contributed by atoms with van der Waals surface area (Å²) < 4.78 is 5.29. The predicted molar refractivity (Wildman–Crippen MR) is 100 cm³/mol. The van der Waals surface area contributed by atoms with E-state index in [2.05, 4.69) is 12.2 Å². The molecule has 0 rings (SSSR count). The Hall–Kier alpha value is -0.770. The van der Waals surface area contributed by atoms with E-state index >= 15 is 0 Å². The summed E-state index contributed by atoms with van der Waals surface area (Å²) in [5.74, 6) is -0.863. The summed E-state index contributed by atoms with van der Waals surface area (Å²) in [7, 11) is 0. The second-order valence-corrected chi connectivity index (χ2v) is 7.04. The van der Waals surface area contributed by atoms with Gasteiger partial charge in [-0.25, -0.2) is 4.79 Å². The third-order valence-corrected chi connectivity index (χ3v) is 4.34. The van der Waals surface area contributed by atoms with Gasteiger partial charge in [-0.2, -0.15) is 0 Å². The average Bonchev–Trinajstić information content (AvgIpc) is 2.56. The number of amides is 1. The fraction of sp³-hybridized carbons (Fsp3) is 0.895. The summed E-state index contributed by atoms with van der Waals surface area (Å²) in [6.45, 7) is 6.42. The smallest absolute Gasteiger partial charge is 0.328 e. The fourth-order valence-corrected chi connectivity index (χ4v) is 2.64. The first kappa shape index (κ1) is 23.2. The molecule has 0 spiro atoms. The van der Waals surface area contributed by atoms with Crippen LogP contribution in [-0.4, -0.2) is 30.4 Å². The minimum absolute atomic E-state index is 0.0163. The molecular formula is C19H36ClNO3. The lowest BCUT2D eigenvalue weighted by atomic mass is 10.0. The second kappa shape index (κ2) is 15.7. The topological polar surface area (TPSA) is 55.4 Å². The third kappa shape index (κ3) is 12.6. The second-order valence-electron chi connectivity index (χ2n) is 6.77. The van der Waals surface area contributed by atoms with Crippen LogP contribution >= 0.6 is 11.6 Å². The van der Waals surface area contributed by atoms with Crippen molar-refractivity contribution in [3.63, 3.8) is 0 Å². The van der Waals surface area contributed by atoms with Crippen LogP contribution in [0.1, 0.15) is 85.0 Å². The predicted octanol–water partition coefficient (Wildman–Crippen LogP) is 4.83. The molecule has 0 aromatic carbocycles. The number of hydrogen-bond acceptors (Lipinski definition) is 3. The Morgan fingerprint density at radius 3 is 1.88 bits per heavy atom. The van der Waals surface area contributed by atoms with Crippen LogP contribution in [-0.2, 0) is 14.3 Å². The molecule has 0 aliphatic carbocycles. The Labute approximate surface area is 153 Å². The first-order chi connectivity index (χ1) is 11.5. The van der Waals surface area contributed by atoms with Crippen molar-refractivity contribution in [2.24, 2.45) is 5.92 Å². The Kier molecular flexibility index (Phi) is 15.2. The zero-order chi connectivity index (χ0) is 18.2. The number of rotatable bonds is 15. The molecular weight excluding hydrogens is 326 g/mol. The van der Waals surface area contributed by atoms with Gasteiger partial charge in [-0.15, -0.1) is 11.6 Å². The van der Waals surface area contributed by atoms with E-state index in [1.807, 2.05) is 13.8 Å². The lowest BCUT2D eigenvalue weighted by molar-refractivity contribution is -0.149. The maximum atomic E-state index is 12.0. The molecule has 0 aliphatic heterocycles. The molecule has 1 amide bonds. The van der Waals surface area contributed by atoms with E-state index in [0.717, 1.165) is 12.8 Å². The van der Waals surface area contributed by atoms with Gasteiger partial charge in [0.05, 0.1) is 6.61 Å². The molecule has 0 fully saturated rings. The van der Waals surface area contributed by atoms with E-state index in [1.165, 1.54) is 51.4 Å². The van der Waals surface area contributed by atoms with E-state index in [-0.39, 0.29) is 23.7 Å². The number of ether oxygens (including phenoxy) is 1. The zero-order valence-electron chi connectivity index (χ0n) is 15.7. The highest BCUT2D eigenvalue weighted by Gasteiger charge is 2.25. The number of carbonyl (C=O) groups excluding carboxylic acids is 2. The largest absolute Gasteiger partial charge is 0.464 e. The van der Waals surface area contributed by atoms with Crippen LogP contribution in [0.2, 0.25) is 0 Å². The van der Waals surface area contributed by atoms with Crippen molar-refractivity contribution in [2.45, 2.75) is 91.0 Å². The summed E-state index contributed by atoms with van der Waals surface area (Å²) >= 11 is 5.46. The zero-order valence-corrected chi connectivity index (χ0v) is 16.5. The first-order valence-electron chi connectivity index (χ1n) is 9.54. The molecule has 0 heterocycles. The maximum Gasteiger partial charge on any atom is 0.328 e. The number of halogens is 1. The van der Waals surface area contributed by atoms with Crippen molar-refractivity contribution in [1.82, 2.24) is 5.32 Å². The first-order valence-corrected chi connectivity index (χ1v) is 10.1. The molecule has 0 radical (unpaired) electrons. The van der Waals surface area contributed by atoms with Crippen LogP contribution in [0, 0.1) is 5.92 Å². The molecule has 5 heteroatoms. The van der Waals surface area contributed by atoms with Gasteiger partial charge in [0.15, 0.2) is 0 Å². The van der Waals surface area contributed by atoms with Gasteiger partial charge in [0.25, 0.3) is 0 Å². The van der Waals surface area contributed by atoms with Crippen molar-refractivity contribution in [3.8, 4) is 0 Å². The van der Waals surface area contributed by atoms with Gasteiger partial charge in [0, 0.05) is 0 Å². The molecule has 1 atom stereocenters. The standard InChI is InChI=1S/C19H36ClNO3/c1-4-5-6-7-8-9-10-11-12-13-14-24-19(23)18(16(2)3)21-17(22)15-20/h16,18H,4-15H2,1-3H3,(H,21,22)/t18-/m0/s1. The van der Waals surface area contributed by atoms with Crippen molar-refractivity contribution in [1.29, 1.82) is 0 Å². The van der Waals surface area contributed by atoms with Gasteiger partial charge in [-0.05, 0) is 12.3 Å². The molecule has 24 heavy (non-hydrogen) atoms. The van der Waals surface area contributed by atoms with Gasteiger partial charge in [0.2, 0.25) is 5.91 Å². The summed E-state index contributed by atoms with van der Waals surface area (Å²) in [6.07, 6.45) is 12.5. The molecule has 142 valence electrons. The summed E-state index contributed by atoms with van der Waals surface area (Å²) in [4.78, 5) is 23.4. The number of alkyl halides is 1. The van der Waals surface area contributed by atoms with E-state index < -0.39 is 6.04 Å². The fourth-order valence-electron chi connectivity index (χ4n) is 2.56. The molecule has 1 N–H and O–H groups in total. The van der Waals surface area contributed by atoms with E-state index in [4.69, 9.17) is 16.3 Å². The number of hydrogen-bond donors (Lipinski definition) is 1. The Bertz CT molecular complexity index is 335. The molecule has 0 aromatic heterocycles. The quantitative estimate of drug-likeness (QED) is 0.258. The van der Waals surface area contributed by atoms with E-state index in [1.54, 1.807) is 0 Å². The summed E-state index contributed by atoms with van der Waals surface area (Å²) in [5.41, 5.74) is 0. The van der Waals surface area contributed by atoms with Crippen LogP contribution in [0.4, 0.5) is 0 Å². The number of nitrogens with one attached hydrogen (secondary N) is 1. The molecule has 0 bridgehead atoms. The van der Waals surface area contributed by atoms with Crippen LogP contribution in [0.3, 0.4) is 0 Å². The Balaban J connectivity index is 3.64. The number of carbonyl (C=O) groups is 2. The van der Waals surface area contributed by atoms with Crippen LogP contribution in [0.15, 0.2) is 0 Å². The minimum Gasteiger partial charge on any atom is -0.464 e. The Morgan fingerprint density at radius 2 is 1.42 bits per heavy atom. The van der Waals surface area contributed by atoms with Crippen molar-refractivity contribution in [2.75, 3.05) is 12.5 Å². The normalized spacial score (nSPS) is 12.2. The number of esters is 1. The van der Waals surface area contributed by atoms with Crippen LogP contribution in [0.25, 0.3) is 0 Å². The minimum atomic E-state index is -0.612. The maximum absolute atomic E-state index is 12.0. The van der Waals surface area contributed by atoms with Crippen molar-refractivity contribution in [3.05, 3.63) is 0 Å². The highest BCUT2D eigenvalue weighted by atomic mass is 35.5. The lowest BCUT2D eigenvalue weighted by Crippen LogP contribution is -2.45. The summed E-state index contributed by atoms with van der Waals surface area (Å²) in [6, 6.07) is -0.612. The monoisotopic (exact) mass is 361 g/mol. The lowest BCUT2D eigenvalue weighted by Gasteiger charge is -2.20. The third-order valence-electron chi connectivity index (χ3n) is 4.10. The highest BCUT2D eigenvalue weighted by molar-refractivity contribution is 6.27. The van der Waals surface area contributed by atoms with Crippen molar-refractivity contribution >= 4 is 23.5 Å². The van der Waals surface area contributed by atoms with Gasteiger partial charge < -0.3 is 10.1 Å².